The molecule has 1 rings (SSSR count). The highest BCUT2D eigenvalue weighted by molar-refractivity contribution is 5.54. The van der Waals surface area contributed by atoms with Gasteiger partial charge in [-0.2, -0.15) is 0 Å². The van der Waals surface area contributed by atoms with Gasteiger partial charge in [0.05, 0.1) is 0 Å². The quantitative estimate of drug-likeness (QED) is 0.706. The van der Waals surface area contributed by atoms with Crippen LogP contribution in [-0.2, 0) is 12.8 Å². The third kappa shape index (κ3) is 2.50. The van der Waals surface area contributed by atoms with Crippen molar-refractivity contribution < 1.29 is 0 Å². The van der Waals surface area contributed by atoms with Crippen molar-refractivity contribution in [2.45, 2.75) is 33.1 Å². The minimum absolute atomic E-state index is 1.12. The highest BCUT2D eigenvalue weighted by atomic mass is 15.1. The first-order chi connectivity index (χ1) is 6.69. The highest BCUT2D eigenvalue weighted by Crippen LogP contribution is 2.22. The molecule has 0 saturated heterocycles. The van der Waals surface area contributed by atoms with Crippen LogP contribution in [0.3, 0.4) is 0 Å². The summed E-state index contributed by atoms with van der Waals surface area (Å²) in [6.45, 7) is 4.43. The molecule has 0 amide bonds. The zero-order valence-corrected chi connectivity index (χ0v) is 9.80. The van der Waals surface area contributed by atoms with E-state index in [1.165, 1.54) is 29.7 Å². The lowest BCUT2D eigenvalue weighted by molar-refractivity contribution is 0.910. The van der Waals surface area contributed by atoms with Gasteiger partial charge in [0.1, 0.15) is 0 Å². The van der Waals surface area contributed by atoms with Gasteiger partial charge in [-0.25, -0.2) is 0 Å². The van der Waals surface area contributed by atoms with Crippen molar-refractivity contribution >= 4 is 5.69 Å². The predicted octanol–water partition coefficient (Wildman–Crippen LogP) is 3.27. The minimum atomic E-state index is 1.12. The van der Waals surface area contributed by atoms with Gasteiger partial charge >= 0.3 is 0 Å². The third-order valence-corrected chi connectivity index (χ3v) is 2.56. The molecular weight excluding hydrogens is 170 g/mol. The summed E-state index contributed by atoms with van der Waals surface area (Å²) in [5.74, 6) is 0. The second kappa shape index (κ2) is 5.04. The second-order valence-electron chi connectivity index (χ2n) is 3.96. The van der Waals surface area contributed by atoms with E-state index >= 15 is 0 Å². The summed E-state index contributed by atoms with van der Waals surface area (Å²) < 4.78 is 0. The summed E-state index contributed by atoms with van der Waals surface area (Å²) >= 11 is 0. The fraction of sp³-hybridized carbons (Fsp3) is 0.538. The van der Waals surface area contributed by atoms with Crippen LogP contribution in [0.2, 0.25) is 0 Å². The Morgan fingerprint density at radius 2 is 1.86 bits per heavy atom. The minimum Gasteiger partial charge on any atom is -0.377 e. The molecule has 0 radical (unpaired) electrons. The fourth-order valence-electron chi connectivity index (χ4n) is 1.73. The van der Waals surface area contributed by atoms with E-state index in [2.05, 4.69) is 51.0 Å². The molecule has 0 heterocycles. The molecule has 0 bridgehead atoms. The van der Waals surface area contributed by atoms with Crippen LogP contribution in [0.15, 0.2) is 18.2 Å². The van der Waals surface area contributed by atoms with E-state index < -0.39 is 0 Å². The second-order valence-corrected chi connectivity index (χ2v) is 3.96. The van der Waals surface area contributed by atoms with Crippen molar-refractivity contribution in [1.29, 1.82) is 0 Å². The molecule has 1 aromatic carbocycles. The van der Waals surface area contributed by atoms with Crippen LogP contribution in [0, 0.1) is 0 Å². The maximum absolute atomic E-state index is 2.31. The van der Waals surface area contributed by atoms with Gasteiger partial charge in [0.2, 0.25) is 0 Å². The summed E-state index contributed by atoms with van der Waals surface area (Å²) in [4.78, 5) is 2.21. The van der Waals surface area contributed by atoms with Crippen molar-refractivity contribution in [1.82, 2.24) is 0 Å². The monoisotopic (exact) mass is 191 g/mol. The summed E-state index contributed by atoms with van der Waals surface area (Å²) in [6, 6.07) is 6.83. The van der Waals surface area contributed by atoms with Crippen LogP contribution >= 0.6 is 0 Å². The zero-order valence-electron chi connectivity index (χ0n) is 9.80. The molecule has 0 aliphatic heterocycles. The number of rotatable bonds is 4. The summed E-state index contributed by atoms with van der Waals surface area (Å²) in [6.07, 6.45) is 3.51. The first-order valence-corrected chi connectivity index (χ1v) is 5.48. The Morgan fingerprint density at radius 1 is 1.14 bits per heavy atom. The van der Waals surface area contributed by atoms with E-state index in [0.717, 1.165) is 6.42 Å². The number of benzene rings is 1. The van der Waals surface area contributed by atoms with Crippen LogP contribution < -0.4 is 4.90 Å². The number of hydrogen-bond acceptors (Lipinski definition) is 1. The molecule has 1 nitrogen and oxygen atoms in total. The number of aryl methyl sites for hydroxylation is 2. The topological polar surface area (TPSA) is 3.24 Å². The van der Waals surface area contributed by atoms with Crippen LogP contribution in [0.4, 0.5) is 5.69 Å². The molecule has 78 valence electrons. The van der Waals surface area contributed by atoms with Gasteiger partial charge in [-0.05, 0) is 30.0 Å². The molecule has 0 aliphatic carbocycles. The van der Waals surface area contributed by atoms with E-state index in [1.54, 1.807) is 0 Å². The van der Waals surface area contributed by atoms with Gasteiger partial charge in [0.15, 0.2) is 0 Å². The highest BCUT2D eigenvalue weighted by Gasteiger charge is 2.04. The Hall–Kier alpha value is -0.980. The lowest BCUT2D eigenvalue weighted by Crippen LogP contribution is -2.11. The van der Waals surface area contributed by atoms with E-state index in [9.17, 15) is 0 Å². The van der Waals surface area contributed by atoms with Gasteiger partial charge in [0.25, 0.3) is 0 Å². The summed E-state index contributed by atoms with van der Waals surface area (Å²) in [5.41, 5.74) is 4.27. The van der Waals surface area contributed by atoms with Crippen LogP contribution in [-0.4, -0.2) is 14.1 Å². The van der Waals surface area contributed by atoms with E-state index in [-0.39, 0.29) is 0 Å². The fourth-order valence-corrected chi connectivity index (χ4v) is 1.73. The molecule has 0 aromatic heterocycles. The lowest BCUT2D eigenvalue weighted by atomic mass is 10.0. The standard InChI is InChI=1S/C13H21N/c1-5-7-12-9-8-11(6-2)10-13(12)14(3)4/h8-10H,5-7H2,1-4H3. The third-order valence-electron chi connectivity index (χ3n) is 2.56. The molecule has 0 unspecified atom stereocenters. The molecule has 0 aliphatic rings. The number of hydrogen-bond donors (Lipinski definition) is 0. The average Bonchev–Trinajstić information content (AvgIpc) is 2.18. The van der Waals surface area contributed by atoms with Crippen LogP contribution in [0.25, 0.3) is 0 Å². The van der Waals surface area contributed by atoms with E-state index in [0.29, 0.717) is 0 Å². The van der Waals surface area contributed by atoms with E-state index in [4.69, 9.17) is 0 Å². The van der Waals surface area contributed by atoms with Crippen molar-refractivity contribution in [2.24, 2.45) is 0 Å². The molecule has 0 N–H and O–H groups in total. The van der Waals surface area contributed by atoms with Gasteiger partial charge in [-0.3, -0.25) is 0 Å². The van der Waals surface area contributed by atoms with Crippen molar-refractivity contribution in [3.8, 4) is 0 Å². The molecule has 1 aromatic rings. The molecule has 0 atom stereocenters. The predicted molar refractivity (Wildman–Crippen MR) is 64.1 cm³/mol. The Kier molecular flexibility index (Phi) is 3.99. The first-order valence-electron chi connectivity index (χ1n) is 5.48. The Balaban J connectivity index is 3.03. The average molecular weight is 191 g/mol. The molecule has 1 heteroatoms. The Morgan fingerprint density at radius 3 is 2.36 bits per heavy atom. The Bertz CT molecular complexity index is 289. The molecular formula is C13H21N. The normalized spacial score (nSPS) is 10.3. The first kappa shape index (κ1) is 11.1. The van der Waals surface area contributed by atoms with Gasteiger partial charge < -0.3 is 4.90 Å². The number of anilines is 1. The lowest BCUT2D eigenvalue weighted by Gasteiger charge is -2.18. The maximum atomic E-state index is 2.31. The maximum Gasteiger partial charge on any atom is 0.0396 e. The van der Waals surface area contributed by atoms with Crippen molar-refractivity contribution in [3.63, 3.8) is 0 Å². The van der Waals surface area contributed by atoms with Crippen LogP contribution in [0.5, 0.6) is 0 Å². The van der Waals surface area contributed by atoms with Gasteiger partial charge in [-0.15, -0.1) is 0 Å². The smallest absolute Gasteiger partial charge is 0.0396 e. The molecule has 0 fully saturated rings. The summed E-state index contributed by atoms with van der Waals surface area (Å²) in [5, 5.41) is 0. The van der Waals surface area contributed by atoms with Gasteiger partial charge in [-0.1, -0.05) is 32.4 Å². The summed E-state index contributed by atoms with van der Waals surface area (Å²) in [7, 11) is 4.24. The Labute approximate surface area is 87.7 Å². The zero-order chi connectivity index (χ0) is 10.6. The molecule has 14 heavy (non-hydrogen) atoms. The SMILES string of the molecule is CCCc1ccc(CC)cc1N(C)C. The van der Waals surface area contributed by atoms with E-state index in [1.807, 2.05) is 0 Å². The van der Waals surface area contributed by atoms with Crippen LogP contribution in [0.1, 0.15) is 31.4 Å². The van der Waals surface area contributed by atoms with Crippen molar-refractivity contribution in [3.05, 3.63) is 29.3 Å². The largest absolute Gasteiger partial charge is 0.377 e. The van der Waals surface area contributed by atoms with Crippen molar-refractivity contribution in [2.75, 3.05) is 19.0 Å². The molecule has 0 saturated carbocycles. The number of nitrogens with zero attached hydrogens (tertiary/aromatic N) is 1. The van der Waals surface area contributed by atoms with Gasteiger partial charge in [0, 0.05) is 19.8 Å². The molecule has 0 spiro atoms.